The number of halogens is 1. The van der Waals surface area contributed by atoms with E-state index in [4.69, 9.17) is 11.6 Å². The maximum atomic E-state index is 11.6. The summed E-state index contributed by atoms with van der Waals surface area (Å²) in [5.74, 6) is 0.194. The molecular weight excluding hydrogens is 348 g/mol. The first-order chi connectivity index (χ1) is 11.5. The lowest BCUT2D eigenvalue weighted by Gasteiger charge is -2.18. The topological polar surface area (TPSA) is 75.2 Å². The predicted molar refractivity (Wildman–Crippen MR) is 94.7 cm³/mol. The Bertz CT molecular complexity index is 826. The third-order valence-corrected chi connectivity index (χ3v) is 4.26. The van der Waals surface area contributed by atoms with Crippen molar-refractivity contribution in [3.8, 4) is 0 Å². The van der Waals surface area contributed by atoms with Gasteiger partial charge in [0.15, 0.2) is 0 Å². The van der Waals surface area contributed by atoms with Crippen molar-refractivity contribution in [3.63, 3.8) is 0 Å². The van der Waals surface area contributed by atoms with Crippen molar-refractivity contribution in [3.05, 3.63) is 57.8 Å². The molecule has 0 atom stereocenters. The van der Waals surface area contributed by atoms with E-state index in [0.717, 1.165) is 17.3 Å². The number of rotatable bonds is 4. The summed E-state index contributed by atoms with van der Waals surface area (Å²) in [5.41, 5.74) is 1.60. The van der Waals surface area contributed by atoms with E-state index in [1.54, 1.807) is 6.07 Å². The van der Waals surface area contributed by atoms with Gasteiger partial charge in [0.25, 0.3) is 11.1 Å². The zero-order chi connectivity index (χ0) is 17.1. The molecule has 122 valence electrons. The smallest absolute Gasteiger partial charge is 0.290 e. The van der Waals surface area contributed by atoms with Crippen molar-refractivity contribution in [2.75, 3.05) is 11.9 Å². The number of hydrogen-bond acceptors (Lipinski definition) is 6. The van der Waals surface area contributed by atoms with Gasteiger partial charge in [-0.2, -0.15) is 0 Å². The van der Waals surface area contributed by atoms with Crippen molar-refractivity contribution in [1.29, 1.82) is 0 Å². The molecule has 2 aromatic rings. The lowest BCUT2D eigenvalue weighted by atomic mass is 10.2. The Morgan fingerprint density at radius 3 is 2.67 bits per heavy atom. The highest BCUT2D eigenvalue weighted by Crippen LogP contribution is 2.26. The fraction of sp³-hybridized carbons (Fsp3) is 0.125. The molecule has 1 saturated heterocycles. The van der Waals surface area contributed by atoms with Gasteiger partial charge in [0.1, 0.15) is 5.82 Å². The van der Waals surface area contributed by atoms with Crippen LogP contribution in [0.5, 0.6) is 0 Å². The Kier molecular flexibility index (Phi) is 4.82. The number of carbonyl (C=O) groups is 2. The van der Waals surface area contributed by atoms with E-state index < -0.39 is 11.1 Å². The Labute approximate surface area is 147 Å². The molecule has 1 aromatic carbocycles. The molecule has 0 radical (unpaired) electrons. The number of anilines is 1. The summed E-state index contributed by atoms with van der Waals surface area (Å²) >= 11 is 6.83. The van der Waals surface area contributed by atoms with Crippen molar-refractivity contribution < 1.29 is 9.59 Å². The zero-order valence-corrected chi connectivity index (χ0v) is 14.3. The number of thioether (sulfide) groups is 1. The highest BCUT2D eigenvalue weighted by molar-refractivity contribution is 8.18. The Hall–Kier alpha value is -2.38. The highest BCUT2D eigenvalue weighted by Gasteiger charge is 2.25. The Balaban J connectivity index is 1.85. The van der Waals surface area contributed by atoms with E-state index in [1.807, 2.05) is 42.3 Å². The van der Waals surface area contributed by atoms with E-state index in [1.165, 1.54) is 6.08 Å². The average molecular weight is 361 g/mol. The van der Waals surface area contributed by atoms with Gasteiger partial charge in [-0.05, 0) is 35.0 Å². The minimum atomic E-state index is -0.432. The van der Waals surface area contributed by atoms with Gasteiger partial charge in [-0.15, -0.1) is 0 Å². The molecule has 24 heavy (non-hydrogen) atoms. The fourth-order valence-corrected chi connectivity index (χ4v) is 3.04. The molecule has 0 spiro atoms. The molecular formula is C16H13ClN4O2S. The van der Waals surface area contributed by atoms with Crippen LogP contribution in [0, 0.1) is 0 Å². The van der Waals surface area contributed by atoms with Gasteiger partial charge in [-0.3, -0.25) is 14.9 Å². The standard InChI is InChI=1S/C16H13ClN4O2S/c1-21(9-10-5-3-2-4-6-10)13-8-11(18-15(17)19-13)7-12-14(22)20-16(23)24-12/h2-8H,9H2,1H3,(H,20,22,23)/b12-7-. The quantitative estimate of drug-likeness (QED) is 0.667. The molecule has 0 bridgehead atoms. The number of amides is 2. The van der Waals surface area contributed by atoms with E-state index in [9.17, 15) is 9.59 Å². The second-order valence-electron chi connectivity index (χ2n) is 5.11. The highest BCUT2D eigenvalue weighted by atomic mass is 35.5. The van der Waals surface area contributed by atoms with Crippen LogP contribution in [0.15, 0.2) is 41.3 Å². The summed E-state index contributed by atoms with van der Waals surface area (Å²) in [4.78, 5) is 33.4. The monoisotopic (exact) mass is 360 g/mol. The third kappa shape index (κ3) is 3.93. The van der Waals surface area contributed by atoms with Gasteiger partial charge in [-0.25, -0.2) is 9.97 Å². The van der Waals surface area contributed by atoms with Crippen LogP contribution in [0.2, 0.25) is 5.28 Å². The molecule has 1 aromatic heterocycles. The van der Waals surface area contributed by atoms with Gasteiger partial charge in [0.05, 0.1) is 10.6 Å². The van der Waals surface area contributed by atoms with Gasteiger partial charge < -0.3 is 4.90 Å². The van der Waals surface area contributed by atoms with Crippen molar-refractivity contribution in [2.45, 2.75) is 6.54 Å². The van der Waals surface area contributed by atoms with Crippen LogP contribution in [-0.4, -0.2) is 28.2 Å². The third-order valence-electron chi connectivity index (χ3n) is 3.28. The molecule has 8 heteroatoms. The predicted octanol–water partition coefficient (Wildman–Crippen LogP) is 3.09. The number of aromatic nitrogens is 2. The first-order valence-corrected chi connectivity index (χ1v) is 8.25. The van der Waals surface area contributed by atoms with E-state index in [2.05, 4.69) is 15.3 Å². The van der Waals surface area contributed by atoms with E-state index in [0.29, 0.717) is 18.1 Å². The summed E-state index contributed by atoms with van der Waals surface area (Å²) < 4.78 is 0. The number of benzene rings is 1. The maximum Gasteiger partial charge on any atom is 0.290 e. The van der Waals surface area contributed by atoms with Gasteiger partial charge in [0, 0.05) is 19.7 Å². The number of nitrogens with zero attached hydrogens (tertiary/aromatic N) is 3. The van der Waals surface area contributed by atoms with Crippen LogP contribution < -0.4 is 10.2 Å². The van der Waals surface area contributed by atoms with Crippen LogP contribution in [0.1, 0.15) is 11.3 Å². The summed E-state index contributed by atoms with van der Waals surface area (Å²) in [5, 5.41) is 1.88. The molecule has 0 aliphatic carbocycles. The van der Waals surface area contributed by atoms with Crippen LogP contribution in [-0.2, 0) is 11.3 Å². The second kappa shape index (κ2) is 7.02. The first kappa shape index (κ1) is 16.5. The summed E-state index contributed by atoms with van der Waals surface area (Å²) in [6.45, 7) is 0.651. The SMILES string of the molecule is CN(Cc1ccccc1)c1cc(/C=C2\SC(=O)NC2=O)nc(Cl)n1. The normalized spacial score (nSPS) is 15.7. The minimum Gasteiger partial charge on any atom is -0.355 e. The number of hydrogen-bond donors (Lipinski definition) is 1. The molecule has 6 nitrogen and oxygen atoms in total. The van der Waals surface area contributed by atoms with Crippen LogP contribution in [0.4, 0.5) is 10.6 Å². The second-order valence-corrected chi connectivity index (χ2v) is 6.47. The average Bonchev–Trinajstić information content (AvgIpc) is 2.85. The maximum absolute atomic E-state index is 11.6. The first-order valence-electron chi connectivity index (χ1n) is 7.06. The van der Waals surface area contributed by atoms with Gasteiger partial charge in [-0.1, -0.05) is 30.3 Å². The molecule has 1 fully saturated rings. The molecule has 0 saturated carbocycles. The van der Waals surface area contributed by atoms with Crippen molar-refractivity contribution in [1.82, 2.24) is 15.3 Å². The molecule has 2 amide bonds. The zero-order valence-electron chi connectivity index (χ0n) is 12.7. The minimum absolute atomic E-state index is 0.0778. The Morgan fingerprint density at radius 1 is 1.25 bits per heavy atom. The fourth-order valence-electron chi connectivity index (χ4n) is 2.19. The summed E-state index contributed by atoms with van der Waals surface area (Å²) in [6.07, 6.45) is 1.53. The summed E-state index contributed by atoms with van der Waals surface area (Å²) in [6, 6.07) is 11.7. The number of carbonyl (C=O) groups excluding carboxylic acids is 2. The van der Waals surface area contributed by atoms with Gasteiger partial charge >= 0.3 is 0 Å². The number of imide groups is 1. The summed E-state index contributed by atoms with van der Waals surface area (Å²) in [7, 11) is 1.89. The largest absolute Gasteiger partial charge is 0.355 e. The lowest BCUT2D eigenvalue weighted by molar-refractivity contribution is -0.115. The van der Waals surface area contributed by atoms with Crippen LogP contribution in [0.25, 0.3) is 6.08 Å². The molecule has 1 aliphatic heterocycles. The molecule has 2 heterocycles. The van der Waals surface area contributed by atoms with Crippen molar-refractivity contribution >= 4 is 46.4 Å². The van der Waals surface area contributed by atoms with Crippen LogP contribution >= 0.6 is 23.4 Å². The molecule has 1 aliphatic rings. The van der Waals surface area contributed by atoms with E-state index >= 15 is 0 Å². The Morgan fingerprint density at radius 2 is 2.00 bits per heavy atom. The van der Waals surface area contributed by atoms with Gasteiger partial charge in [0.2, 0.25) is 5.28 Å². The lowest BCUT2D eigenvalue weighted by Crippen LogP contribution is -2.18. The van der Waals surface area contributed by atoms with Crippen LogP contribution in [0.3, 0.4) is 0 Å². The molecule has 0 unspecified atom stereocenters. The number of nitrogens with one attached hydrogen (secondary N) is 1. The van der Waals surface area contributed by atoms with E-state index in [-0.39, 0.29) is 10.2 Å². The van der Waals surface area contributed by atoms with Crippen molar-refractivity contribution in [2.24, 2.45) is 0 Å². The molecule has 1 N–H and O–H groups in total. The molecule has 3 rings (SSSR count).